The minimum absolute atomic E-state index is 0.00208. The van der Waals surface area contributed by atoms with Gasteiger partial charge in [0.15, 0.2) is 0 Å². The lowest BCUT2D eigenvalue weighted by Crippen LogP contribution is -2.40. The summed E-state index contributed by atoms with van der Waals surface area (Å²) in [6.07, 6.45) is 1.58. The highest BCUT2D eigenvalue weighted by molar-refractivity contribution is 5.76. The van der Waals surface area contributed by atoms with Gasteiger partial charge in [-0.2, -0.15) is 0 Å². The maximum Gasteiger partial charge on any atom is 0.330 e. The molecular weight excluding hydrogens is 236 g/mol. The average molecular weight is 250 g/mol. The molecule has 0 aliphatic carbocycles. The third-order valence-electron chi connectivity index (χ3n) is 2.99. The number of nitrogens with zero attached hydrogens (tertiary/aromatic N) is 3. The number of hydrogen-bond acceptors (Lipinski definition) is 4. The maximum absolute atomic E-state index is 12.0. The fourth-order valence-corrected chi connectivity index (χ4v) is 1.95. The molecule has 0 aromatic carbocycles. The molecule has 2 N–H and O–H groups in total. The minimum Gasteiger partial charge on any atom is -0.395 e. The summed E-state index contributed by atoms with van der Waals surface area (Å²) in [5.74, 6) is 0. The zero-order valence-electron chi connectivity index (χ0n) is 10.2. The first-order valence-corrected chi connectivity index (χ1v) is 5.43. The zero-order chi connectivity index (χ0) is 13.4. The summed E-state index contributed by atoms with van der Waals surface area (Å²) < 4.78 is 3.77. The Hall–Kier alpha value is -2.15. The van der Waals surface area contributed by atoms with Gasteiger partial charge in [-0.1, -0.05) is 0 Å². The number of nitrogens with one attached hydrogen (secondary N) is 1. The molecule has 18 heavy (non-hydrogen) atoms. The van der Waals surface area contributed by atoms with Crippen molar-refractivity contribution >= 4 is 10.9 Å². The lowest BCUT2D eigenvalue weighted by atomic mass is 10.3. The fraction of sp³-hybridized carbons (Fsp3) is 0.364. The zero-order valence-corrected chi connectivity index (χ0v) is 10.2. The number of rotatable bonds is 2. The molecule has 7 heteroatoms. The molecule has 2 aromatic rings. The van der Waals surface area contributed by atoms with E-state index < -0.39 is 11.2 Å². The van der Waals surface area contributed by atoms with E-state index in [-0.39, 0.29) is 24.0 Å². The number of hydrogen-bond donors (Lipinski definition) is 2. The Bertz CT molecular complexity index is 782. The highest BCUT2D eigenvalue weighted by Gasteiger charge is 2.11. The number of aliphatic hydroxyl groups excluding tert-OH is 1. The van der Waals surface area contributed by atoms with E-state index in [9.17, 15) is 9.59 Å². The van der Waals surface area contributed by atoms with E-state index in [1.54, 1.807) is 19.3 Å². The highest BCUT2D eigenvalue weighted by Crippen LogP contribution is 2.01. The van der Waals surface area contributed by atoms with Crippen LogP contribution >= 0.6 is 0 Å². The van der Waals surface area contributed by atoms with Gasteiger partial charge < -0.3 is 9.67 Å². The van der Waals surface area contributed by atoms with Crippen molar-refractivity contribution in [3.05, 3.63) is 38.6 Å². The van der Waals surface area contributed by atoms with E-state index in [1.807, 2.05) is 0 Å². The van der Waals surface area contributed by atoms with E-state index in [0.717, 1.165) is 4.57 Å². The molecule has 2 aromatic heterocycles. The molecule has 0 aliphatic heterocycles. The average Bonchev–Trinajstić information content (AvgIpc) is 2.36. The SMILES string of the molecule is Cn1c(=O)c2c(=N)n(CCO)ccc2n(C)c1=O. The predicted molar refractivity (Wildman–Crippen MR) is 65.4 cm³/mol. The summed E-state index contributed by atoms with van der Waals surface area (Å²) >= 11 is 0. The number of pyridine rings is 1. The van der Waals surface area contributed by atoms with Gasteiger partial charge >= 0.3 is 5.69 Å². The first-order chi connectivity index (χ1) is 8.49. The van der Waals surface area contributed by atoms with Crippen LogP contribution in [0.4, 0.5) is 0 Å². The molecular formula is C11H14N4O3. The summed E-state index contributed by atoms with van der Waals surface area (Å²) in [6.45, 7) is 0.120. The van der Waals surface area contributed by atoms with Gasteiger partial charge in [-0.05, 0) is 6.07 Å². The third-order valence-corrected chi connectivity index (χ3v) is 2.99. The van der Waals surface area contributed by atoms with Crippen molar-refractivity contribution in [3.63, 3.8) is 0 Å². The van der Waals surface area contributed by atoms with Crippen molar-refractivity contribution < 1.29 is 5.11 Å². The molecule has 0 unspecified atom stereocenters. The molecule has 0 radical (unpaired) electrons. The molecule has 0 saturated heterocycles. The smallest absolute Gasteiger partial charge is 0.330 e. The molecule has 0 spiro atoms. The second-order valence-corrected chi connectivity index (χ2v) is 4.05. The molecule has 7 nitrogen and oxygen atoms in total. The van der Waals surface area contributed by atoms with Crippen LogP contribution in [0.5, 0.6) is 0 Å². The Balaban J connectivity index is 3.04. The van der Waals surface area contributed by atoms with E-state index >= 15 is 0 Å². The summed E-state index contributed by atoms with van der Waals surface area (Å²) in [6, 6.07) is 1.60. The summed E-state index contributed by atoms with van der Waals surface area (Å²) in [7, 11) is 2.94. The Kier molecular flexibility index (Phi) is 2.92. The minimum atomic E-state index is -0.495. The van der Waals surface area contributed by atoms with Gasteiger partial charge in [0, 0.05) is 26.8 Å². The van der Waals surface area contributed by atoms with Crippen LogP contribution in [0.2, 0.25) is 0 Å². The molecule has 0 atom stereocenters. The molecule has 0 aliphatic rings. The van der Waals surface area contributed by atoms with Crippen molar-refractivity contribution in [2.24, 2.45) is 14.1 Å². The Morgan fingerprint density at radius 3 is 2.56 bits per heavy atom. The normalized spacial score (nSPS) is 11.1. The van der Waals surface area contributed by atoms with E-state index in [4.69, 9.17) is 10.5 Å². The van der Waals surface area contributed by atoms with Gasteiger partial charge in [0.1, 0.15) is 10.9 Å². The molecule has 0 fully saturated rings. The van der Waals surface area contributed by atoms with E-state index in [0.29, 0.717) is 5.52 Å². The van der Waals surface area contributed by atoms with Gasteiger partial charge in [-0.15, -0.1) is 0 Å². The highest BCUT2D eigenvalue weighted by atomic mass is 16.3. The monoisotopic (exact) mass is 250 g/mol. The number of aliphatic hydroxyl groups is 1. The van der Waals surface area contributed by atoms with Crippen LogP contribution in [0.3, 0.4) is 0 Å². The van der Waals surface area contributed by atoms with Crippen molar-refractivity contribution in [2.45, 2.75) is 6.54 Å². The second-order valence-electron chi connectivity index (χ2n) is 4.05. The van der Waals surface area contributed by atoms with E-state index in [2.05, 4.69) is 0 Å². The molecule has 0 bridgehead atoms. The Labute approximate surface area is 102 Å². The summed E-state index contributed by atoms with van der Waals surface area (Å²) in [5, 5.41) is 17.0. The molecule has 2 heterocycles. The summed E-state index contributed by atoms with van der Waals surface area (Å²) in [5.41, 5.74) is -0.503. The van der Waals surface area contributed by atoms with Gasteiger partial charge in [-0.25, -0.2) is 4.79 Å². The van der Waals surface area contributed by atoms with Crippen LogP contribution in [-0.4, -0.2) is 25.4 Å². The van der Waals surface area contributed by atoms with Crippen molar-refractivity contribution in [1.29, 1.82) is 5.41 Å². The van der Waals surface area contributed by atoms with Crippen LogP contribution < -0.4 is 16.7 Å². The quantitative estimate of drug-likeness (QED) is 0.680. The molecule has 2 rings (SSSR count). The Morgan fingerprint density at radius 2 is 1.94 bits per heavy atom. The first-order valence-electron chi connectivity index (χ1n) is 5.43. The fourth-order valence-electron chi connectivity index (χ4n) is 1.95. The predicted octanol–water partition coefficient (Wildman–Crippen LogP) is -1.49. The summed E-state index contributed by atoms with van der Waals surface area (Å²) in [4.78, 5) is 23.8. The second kappa shape index (κ2) is 4.26. The van der Waals surface area contributed by atoms with Crippen LogP contribution in [0.15, 0.2) is 21.9 Å². The first kappa shape index (κ1) is 12.3. The topological polar surface area (TPSA) is 93.0 Å². The van der Waals surface area contributed by atoms with Gasteiger partial charge in [0.2, 0.25) is 0 Å². The number of aryl methyl sites for hydroxylation is 1. The van der Waals surface area contributed by atoms with Crippen molar-refractivity contribution in [1.82, 2.24) is 13.7 Å². The van der Waals surface area contributed by atoms with Crippen LogP contribution in [0.1, 0.15) is 0 Å². The van der Waals surface area contributed by atoms with Gasteiger partial charge in [0.05, 0.1) is 12.1 Å². The lowest BCUT2D eigenvalue weighted by Gasteiger charge is -2.10. The lowest BCUT2D eigenvalue weighted by molar-refractivity contribution is 0.273. The molecule has 96 valence electrons. The number of aromatic nitrogens is 3. The maximum atomic E-state index is 12.0. The molecule has 0 saturated carbocycles. The van der Waals surface area contributed by atoms with Crippen molar-refractivity contribution in [2.75, 3.05) is 6.61 Å². The van der Waals surface area contributed by atoms with Crippen molar-refractivity contribution in [3.8, 4) is 0 Å². The van der Waals surface area contributed by atoms with Crippen LogP contribution in [0.25, 0.3) is 10.9 Å². The van der Waals surface area contributed by atoms with E-state index in [1.165, 1.54) is 16.2 Å². The van der Waals surface area contributed by atoms with Gasteiger partial charge in [0.25, 0.3) is 5.56 Å². The Morgan fingerprint density at radius 1 is 1.28 bits per heavy atom. The van der Waals surface area contributed by atoms with Gasteiger partial charge in [-0.3, -0.25) is 19.3 Å². The van der Waals surface area contributed by atoms with Crippen LogP contribution in [0, 0.1) is 5.41 Å². The standard InChI is InChI=1S/C11H14N4O3/c1-13-7-3-4-15(5-6-16)9(12)8(7)10(17)14(2)11(13)18/h3-4,12,16H,5-6H2,1-2H3. The third kappa shape index (κ3) is 1.60. The number of fused-ring (bicyclic) bond motifs is 1. The van der Waals surface area contributed by atoms with Crippen LogP contribution in [-0.2, 0) is 20.6 Å². The molecule has 0 amide bonds. The largest absolute Gasteiger partial charge is 0.395 e.